The predicted octanol–water partition coefficient (Wildman–Crippen LogP) is -0.138. The first-order valence-corrected chi connectivity index (χ1v) is 6.12. The van der Waals surface area contributed by atoms with Gasteiger partial charge < -0.3 is 12.4 Å². The second-order valence-electron chi connectivity index (χ2n) is 3.51. The smallest absolute Gasteiger partial charge is 0.203 e. The summed E-state index contributed by atoms with van der Waals surface area (Å²) in [5.74, 6) is 0. The summed E-state index contributed by atoms with van der Waals surface area (Å²) in [6.45, 7) is 7.92. The van der Waals surface area contributed by atoms with Crippen molar-refractivity contribution < 1.29 is 31.9 Å². The monoisotopic (exact) mass is 275 g/mol. The summed E-state index contributed by atoms with van der Waals surface area (Å²) in [4.78, 5) is 16.6. The maximum Gasteiger partial charge on any atom is 0.203 e. The number of benzene rings is 1. The maximum absolute atomic E-state index is 5.61. The van der Waals surface area contributed by atoms with Crippen LogP contribution in [-0.2, 0) is 21.1 Å². The molecule has 1 aromatic rings. The van der Waals surface area contributed by atoms with E-state index in [-0.39, 0.29) is 17.4 Å². The Morgan fingerprint density at radius 1 is 0.833 bits per heavy atom. The topological polar surface area (TPSA) is 27.7 Å². The van der Waals surface area contributed by atoms with Crippen molar-refractivity contribution in [2.45, 2.75) is 27.3 Å². The SMILES string of the molecule is CCO[N+](Cc1ccccc1)(OCC)OCC.[Cl-]. The van der Waals surface area contributed by atoms with E-state index < -0.39 is 0 Å². The molecule has 0 N–H and O–H groups in total. The minimum atomic E-state index is -0.229. The number of hydrogen-bond acceptors (Lipinski definition) is 3. The van der Waals surface area contributed by atoms with E-state index in [0.29, 0.717) is 26.4 Å². The summed E-state index contributed by atoms with van der Waals surface area (Å²) in [6.07, 6.45) is 0. The third-order valence-corrected chi connectivity index (χ3v) is 2.20. The van der Waals surface area contributed by atoms with Crippen molar-refractivity contribution in [3.05, 3.63) is 35.9 Å². The van der Waals surface area contributed by atoms with Crippen LogP contribution in [0, 0.1) is 0 Å². The Morgan fingerprint density at radius 3 is 1.67 bits per heavy atom. The van der Waals surface area contributed by atoms with Gasteiger partial charge in [-0.3, -0.25) is 0 Å². The molecule has 18 heavy (non-hydrogen) atoms. The second-order valence-corrected chi connectivity index (χ2v) is 3.51. The lowest BCUT2D eigenvalue weighted by Gasteiger charge is -2.28. The molecule has 1 aromatic carbocycles. The molecule has 0 bridgehead atoms. The van der Waals surface area contributed by atoms with Gasteiger partial charge in [0.15, 0.2) is 0 Å². The molecule has 0 aliphatic rings. The van der Waals surface area contributed by atoms with Crippen LogP contribution in [0.2, 0.25) is 0 Å². The molecule has 0 atom stereocenters. The fourth-order valence-electron chi connectivity index (χ4n) is 1.65. The van der Waals surface area contributed by atoms with E-state index in [9.17, 15) is 0 Å². The summed E-state index contributed by atoms with van der Waals surface area (Å²) in [6, 6.07) is 10.0. The van der Waals surface area contributed by atoms with Gasteiger partial charge in [-0.05, 0) is 20.8 Å². The molecule has 0 heterocycles. The van der Waals surface area contributed by atoms with Crippen molar-refractivity contribution in [2.75, 3.05) is 19.8 Å². The van der Waals surface area contributed by atoms with Gasteiger partial charge in [0.2, 0.25) is 6.54 Å². The van der Waals surface area contributed by atoms with Gasteiger partial charge in [0.25, 0.3) is 0 Å². The summed E-state index contributed by atoms with van der Waals surface area (Å²) >= 11 is 0. The molecule has 0 aliphatic carbocycles. The van der Waals surface area contributed by atoms with Gasteiger partial charge in [-0.2, -0.15) is 0 Å². The maximum atomic E-state index is 5.61. The Balaban J connectivity index is 0.00000289. The van der Waals surface area contributed by atoms with Crippen LogP contribution in [-0.4, -0.2) is 24.8 Å². The highest BCUT2D eigenvalue weighted by Gasteiger charge is 2.34. The molecule has 0 aliphatic heterocycles. The van der Waals surface area contributed by atoms with Gasteiger partial charge in [0.05, 0.1) is 4.97 Å². The highest BCUT2D eigenvalue weighted by Crippen LogP contribution is 2.18. The van der Waals surface area contributed by atoms with Gasteiger partial charge in [0, 0.05) is 5.56 Å². The van der Waals surface area contributed by atoms with E-state index in [0.717, 1.165) is 5.56 Å². The molecule has 0 radical (unpaired) electrons. The second kappa shape index (κ2) is 9.30. The minimum Gasteiger partial charge on any atom is -1.00 e. The molecule has 0 unspecified atom stereocenters. The van der Waals surface area contributed by atoms with E-state index in [4.69, 9.17) is 14.5 Å². The van der Waals surface area contributed by atoms with Crippen molar-refractivity contribution in [1.29, 1.82) is 0 Å². The van der Waals surface area contributed by atoms with E-state index in [1.165, 1.54) is 0 Å². The molecular weight excluding hydrogens is 254 g/mol. The number of hydrogen-bond donors (Lipinski definition) is 0. The first-order chi connectivity index (χ1) is 8.26. The van der Waals surface area contributed by atoms with Crippen molar-refractivity contribution in [3.63, 3.8) is 0 Å². The van der Waals surface area contributed by atoms with Crippen molar-refractivity contribution in [2.24, 2.45) is 0 Å². The number of rotatable bonds is 8. The fourth-order valence-corrected chi connectivity index (χ4v) is 1.65. The highest BCUT2D eigenvalue weighted by molar-refractivity contribution is 5.13. The Kier molecular flexibility index (Phi) is 8.97. The minimum absolute atomic E-state index is 0. The zero-order chi connectivity index (χ0) is 12.6. The average Bonchev–Trinajstić information content (AvgIpc) is 2.31. The van der Waals surface area contributed by atoms with Gasteiger partial charge in [-0.1, -0.05) is 30.3 Å². The Labute approximate surface area is 115 Å². The van der Waals surface area contributed by atoms with Crippen molar-refractivity contribution >= 4 is 0 Å². The summed E-state index contributed by atoms with van der Waals surface area (Å²) in [5, 5.41) is 0. The molecular formula is C13H22ClNO3. The van der Waals surface area contributed by atoms with Crippen LogP contribution >= 0.6 is 0 Å². The van der Waals surface area contributed by atoms with Gasteiger partial charge in [-0.25, -0.2) is 0 Å². The van der Waals surface area contributed by atoms with Crippen molar-refractivity contribution in [3.8, 4) is 0 Å². The fraction of sp³-hybridized carbons (Fsp3) is 0.538. The average molecular weight is 276 g/mol. The van der Waals surface area contributed by atoms with Crippen LogP contribution in [0.1, 0.15) is 26.3 Å². The van der Waals surface area contributed by atoms with Crippen LogP contribution in [0.5, 0.6) is 0 Å². The molecule has 1 rings (SSSR count). The zero-order valence-corrected chi connectivity index (χ0v) is 12.0. The largest absolute Gasteiger partial charge is 1.00 e. The first-order valence-electron chi connectivity index (χ1n) is 6.12. The lowest BCUT2D eigenvalue weighted by Crippen LogP contribution is -3.00. The Morgan fingerprint density at radius 2 is 1.28 bits per heavy atom. The van der Waals surface area contributed by atoms with Gasteiger partial charge >= 0.3 is 0 Å². The Bertz CT molecular complexity index is 291. The molecule has 0 saturated heterocycles. The summed E-state index contributed by atoms with van der Waals surface area (Å²) in [5.41, 5.74) is 1.11. The lowest BCUT2D eigenvalue weighted by molar-refractivity contribution is -1.37. The number of quaternary nitrogens is 1. The van der Waals surface area contributed by atoms with E-state index in [2.05, 4.69) is 0 Å². The lowest BCUT2D eigenvalue weighted by atomic mass is 10.2. The molecule has 104 valence electrons. The predicted molar refractivity (Wildman–Crippen MR) is 65.3 cm³/mol. The van der Waals surface area contributed by atoms with Crippen LogP contribution in [0.4, 0.5) is 0 Å². The zero-order valence-electron chi connectivity index (χ0n) is 11.3. The van der Waals surface area contributed by atoms with E-state index >= 15 is 0 Å². The first kappa shape index (κ1) is 17.4. The van der Waals surface area contributed by atoms with Gasteiger partial charge in [0.1, 0.15) is 19.8 Å². The standard InChI is InChI=1S/C13H22NO3.ClH/c1-4-15-14(16-5-2,17-6-3)12-13-10-8-7-9-11-13;/h7-11H,4-6,12H2,1-3H3;1H/q+1;/p-1. The van der Waals surface area contributed by atoms with E-state index in [1.54, 1.807) is 0 Å². The Hall–Kier alpha value is -0.650. The van der Waals surface area contributed by atoms with Crippen LogP contribution in [0.15, 0.2) is 30.3 Å². The molecule has 0 amide bonds. The van der Waals surface area contributed by atoms with Crippen LogP contribution in [0.25, 0.3) is 0 Å². The van der Waals surface area contributed by atoms with E-state index in [1.807, 2.05) is 51.1 Å². The third kappa shape index (κ3) is 5.33. The summed E-state index contributed by atoms with van der Waals surface area (Å²) in [7, 11) is 0. The number of halogens is 1. The number of nitrogens with zero attached hydrogens (tertiary/aromatic N) is 1. The quantitative estimate of drug-likeness (QED) is 0.488. The van der Waals surface area contributed by atoms with Crippen molar-refractivity contribution in [1.82, 2.24) is 0 Å². The third-order valence-electron chi connectivity index (χ3n) is 2.20. The highest BCUT2D eigenvalue weighted by atomic mass is 35.5. The van der Waals surface area contributed by atoms with Gasteiger partial charge in [-0.15, -0.1) is 14.5 Å². The van der Waals surface area contributed by atoms with Crippen LogP contribution in [0.3, 0.4) is 0 Å². The molecule has 0 spiro atoms. The summed E-state index contributed by atoms with van der Waals surface area (Å²) < 4.78 is 0. The number of hydroxylamine groups is 3. The molecule has 4 nitrogen and oxygen atoms in total. The normalized spacial score (nSPS) is 11.1. The molecule has 0 saturated carbocycles. The molecule has 5 heteroatoms. The van der Waals surface area contributed by atoms with Crippen LogP contribution < -0.4 is 12.4 Å². The molecule has 0 aromatic heterocycles. The molecule has 0 fully saturated rings.